The van der Waals surface area contributed by atoms with Crippen molar-refractivity contribution in [2.75, 3.05) is 26.1 Å². The van der Waals surface area contributed by atoms with Crippen molar-refractivity contribution in [2.45, 2.75) is 0 Å². The van der Waals surface area contributed by atoms with Gasteiger partial charge in [0.25, 0.3) is 5.91 Å². The average molecular weight is 331 g/mol. The van der Waals surface area contributed by atoms with E-state index in [9.17, 15) is 14.7 Å². The molecule has 0 spiro atoms. The number of benzene rings is 2. The van der Waals surface area contributed by atoms with Gasteiger partial charge in [-0.05, 0) is 30.3 Å². The van der Waals surface area contributed by atoms with Gasteiger partial charge in [0.05, 0.1) is 25.5 Å². The lowest BCUT2D eigenvalue weighted by Gasteiger charge is -2.12. The van der Waals surface area contributed by atoms with Crippen LogP contribution >= 0.6 is 0 Å². The summed E-state index contributed by atoms with van der Waals surface area (Å²) in [6, 6.07) is 10.6. The number of anilines is 1. The molecule has 2 rings (SSSR count). The van der Waals surface area contributed by atoms with E-state index in [0.29, 0.717) is 17.2 Å². The molecule has 0 saturated carbocycles. The first-order chi connectivity index (χ1) is 11.5. The smallest absolute Gasteiger partial charge is 0.338 e. The lowest BCUT2D eigenvalue weighted by Crippen LogP contribution is -2.21. The zero-order valence-corrected chi connectivity index (χ0v) is 13.2. The number of methoxy groups -OCH3 is 2. The Morgan fingerprint density at radius 1 is 1.08 bits per heavy atom. The maximum atomic E-state index is 11.9. The minimum atomic E-state index is -0.710. The molecular formula is C17H17NO6. The highest BCUT2D eigenvalue weighted by molar-refractivity contribution is 5.96. The maximum Gasteiger partial charge on any atom is 0.338 e. The molecule has 0 saturated heterocycles. The number of carbonyl (C=O) groups excluding carboxylic acids is 2. The normalized spacial score (nSPS) is 9.92. The Bertz CT molecular complexity index is 744. The molecule has 0 aliphatic carbocycles. The van der Waals surface area contributed by atoms with E-state index >= 15 is 0 Å². The van der Waals surface area contributed by atoms with Gasteiger partial charge in [-0.1, -0.05) is 6.07 Å². The largest absolute Gasteiger partial charge is 0.508 e. The Kier molecular flexibility index (Phi) is 5.62. The molecule has 24 heavy (non-hydrogen) atoms. The van der Waals surface area contributed by atoms with Crippen molar-refractivity contribution in [3.05, 3.63) is 48.0 Å². The van der Waals surface area contributed by atoms with Crippen LogP contribution in [0.1, 0.15) is 10.4 Å². The topological polar surface area (TPSA) is 94.1 Å². The number of ether oxygens (including phenoxy) is 3. The van der Waals surface area contributed by atoms with E-state index in [1.807, 2.05) is 0 Å². The highest BCUT2D eigenvalue weighted by Gasteiger charge is 2.13. The van der Waals surface area contributed by atoms with E-state index in [2.05, 4.69) is 5.32 Å². The van der Waals surface area contributed by atoms with Gasteiger partial charge in [0, 0.05) is 6.07 Å². The third-order valence-corrected chi connectivity index (χ3v) is 3.10. The zero-order valence-electron chi connectivity index (χ0n) is 13.2. The molecule has 0 radical (unpaired) electrons. The van der Waals surface area contributed by atoms with Gasteiger partial charge in [0.15, 0.2) is 6.61 Å². The molecule has 2 aromatic carbocycles. The van der Waals surface area contributed by atoms with Crippen LogP contribution < -0.4 is 14.8 Å². The van der Waals surface area contributed by atoms with Gasteiger partial charge in [0.1, 0.15) is 17.2 Å². The summed E-state index contributed by atoms with van der Waals surface area (Å²) in [5, 5.41) is 11.9. The molecule has 0 bridgehead atoms. The second kappa shape index (κ2) is 7.87. The van der Waals surface area contributed by atoms with Crippen LogP contribution in [0.5, 0.6) is 17.2 Å². The number of rotatable bonds is 6. The Morgan fingerprint density at radius 3 is 2.54 bits per heavy atom. The van der Waals surface area contributed by atoms with Crippen molar-refractivity contribution in [3.8, 4) is 17.2 Å². The Hall–Kier alpha value is -3.22. The van der Waals surface area contributed by atoms with E-state index in [-0.39, 0.29) is 11.3 Å². The maximum absolute atomic E-state index is 11.9. The minimum absolute atomic E-state index is 0.0602. The number of phenols is 1. The second-order valence-corrected chi connectivity index (χ2v) is 4.74. The highest BCUT2D eigenvalue weighted by Crippen LogP contribution is 2.28. The molecule has 0 aliphatic heterocycles. The third kappa shape index (κ3) is 4.39. The van der Waals surface area contributed by atoms with Gasteiger partial charge in [-0.2, -0.15) is 0 Å². The number of amides is 1. The van der Waals surface area contributed by atoms with Crippen molar-refractivity contribution in [3.63, 3.8) is 0 Å². The van der Waals surface area contributed by atoms with Crippen molar-refractivity contribution >= 4 is 17.6 Å². The molecule has 126 valence electrons. The molecule has 0 heterocycles. The molecule has 7 heteroatoms. The summed E-state index contributed by atoms with van der Waals surface area (Å²) in [4.78, 5) is 23.8. The van der Waals surface area contributed by atoms with Gasteiger partial charge in [-0.25, -0.2) is 4.79 Å². The summed E-state index contributed by atoms with van der Waals surface area (Å²) in [7, 11) is 2.98. The third-order valence-electron chi connectivity index (χ3n) is 3.10. The quantitative estimate of drug-likeness (QED) is 0.788. The van der Waals surface area contributed by atoms with Crippen LogP contribution in [0.4, 0.5) is 5.69 Å². The molecular weight excluding hydrogens is 314 g/mol. The summed E-state index contributed by atoms with van der Waals surface area (Å²) in [6.07, 6.45) is 0. The molecule has 2 N–H and O–H groups in total. The lowest BCUT2D eigenvalue weighted by molar-refractivity contribution is -0.119. The highest BCUT2D eigenvalue weighted by atomic mass is 16.5. The fourth-order valence-corrected chi connectivity index (χ4v) is 1.95. The summed E-state index contributed by atoms with van der Waals surface area (Å²) >= 11 is 0. The molecule has 7 nitrogen and oxygen atoms in total. The van der Waals surface area contributed by atoms with E-state index in [1.165, 1.54) is 38.5 Å². The molecule has 2 aromatic rings. The number of esters is 1. The van der Waals surface area contributed by atoms with Crippen molar-refractivity contribution in [1.29, 1.82) is 0 Å². The molecule has 1 amide bonds. The summed E-state index contributed by atoms with van der Waals surface area (Å²) in [5.41, 5.74) is 0.553. The molecule has 0 aliphatic rings. The first-order valence-electron chi connectivity index (χ1n) is 7.01. The molecule has 0 unspecified atom stereocenters. The van der Waals surface area contributed by atoms with Crippen LogP contribution in [0.15, 0.2) is 42.5 Å². The van der Waals surface area contributed by atoms with Crippen LogP contribution in [0.25, 0.3) is 0 Å². The first-order valence-corrected chi connectivity index (χ1v) is 7.01. The van der Waals surface area contributed by atoms with Gasteiger partial charge in [-0.3, -0.25) is 4.79 Å². The molecule has 0 fully saturated rings. The molecule has 0 atom stereocenters. The summed E-state index contributed by atoms with van der Waals surface area (Å²) < 4.78 is 15.1. The van der Waals surface area contributed by atoms with Crippen LogP contribution in [-0.2, 0) is 9.53 Å². The number of hydrogen-bond donors (Lipinski definition) is 2. The van der Waals surface area contributed by atoms with Crippen LogP contribution in [-0.4, -0.2) is 37.8 Å². The predicted octanol–water partition coefficient (Wildman–Crippen LogP) is 2.20. The summed E-state index contributed by atoms with van der Waals surface area (Å²) in [6.45, 7) is -0.477. The van der Waals surface area contributed by atoms with Crippen molar-refractivity contribution in [1.82, 2.24) is 0 Å². The van der Waals surface area contributed by atoms with Crippen molar-refractivity contribution in [2.24, 2.45) is 0 Å². The molecule has 0 aromatic heterocycles. The second-order valence-electron chi connectivity index (χ2n) is 4.74. The minimum Gasteiger partial charge on any atom is -0.508 e. The van der Waals surface area contributed by atoms with E-state index in [0.717, 1.165) is 0 Å². The van der Waals surface area contributed by atoms with Crippen LogP contribution in [0, 0.1) is 0 Å². The first kappa shape index (κ1) is 17.1. The number of aromatic hydroxyl groups is 1. The van der Waals surface area contributed by atoms with E-state index in [1.54, 1.807) is 18.2 Å². The fraction of sp³-hybridized carbons (Fsp3) is 0.176. The van der Waals surface area contributed by atoms with Crippen LogP contribution in [0.2, 0.25) is 0 Å². The summed E-state index contributed by atoms with van der Waals surface area (Å²) in [5.74, 6) is -0.310. The predicted molar refractivity (Wildman–Crippen MR) is 86.6 cm³/mol. The van der Waals surface area contributed by atoms with Gasteiger partial charge in [0.2, 0.25) is 0 Å². The SMILES string of the molecule is COc1ccc(OC)c(NC(=O)COC(=O)c2cccc(O)c2)c1. The monoisotopic (exact) mass is 331 g/mol. The van der Waals surface area contributed by atoms with Crippen molar-refractivity contribution < 1.29 is 28.9 Å². The van der Waals surface area contributed by atoms with Gasteiger partial charge >= 0.3 is 5.97 Å². The number of hydrogen-bond acceptors (Lipinski definition) is 6. The average Bonchev–Trinajstić information content (AvgIpc) is 2.59. The standard InChI is InChI=1S/C17H17NO6/c1-22-13-6-7-15(23-2)14(9-13)18-16(20)10-24-17(21)11-4-3-5-12(19)8-11/h3-9,19H,10H2,1-2H3,(H,18,20). The zero-order chi connectivity index (χ0) is 17.5. The van der Waals surface area contributed by atoms with Crippen LogP contribution in [0.3, 0.4) is 0 Å². The Morgan fingerprint density at radius 2 is 1.88 bits per heavy atom. The van der Waals surface area contributed by atoms with E-state index in [4.69, 9.17) is 14.2 Å². The van der Waals surface area contributed by atoms with Gasteiger partial charge < -0.3 is 24.6 Å². The number of carbonyl (C=O) groups is 2. The fourth-order valence-electron chi connectivity index (χ4n) is 1.95. The number of nitrogens with one attached hydrogen (secondary N) is 1. The Balaban J connectivity index is 1.97. The van der Waals surface area contributed by atoms with E-state index < -0.39 is 18.5 Å². The lowest BCUT2D eigenvalue weighted by atomic mass is 10.2. The van der Waals surface area contributed by atoms with Gasteiger partial charge in [-0.15, -0.1) is 0 Å². The number of phenolic OH excluding ortho intramolecular Hbond substituents is 1. The Labute approximate surface area is 138 Å².